The number of rotatable bonds is 8. The van der Waals surface area contributed by atoms with Crippen molar-refractivity contribution in [1.82, 2.24) is 0 Å². The zero-order valence-electron chi connectivity index (χ0n) is 44.4. The Morgan fingerprint density at radius 2 is 0.634 bits per heavy atom. The summed E-state index contributed by atoms with van der Waals surface area (Å²) in [4.78, 5) is 4.84. The normalized spacial score (nSPS) is 11.9. The van der Waals surface area contributed by atoms with Crippen LogP contribution in [0.25, 0.3) is 131 Å². The highest BCUT2D eigenvalue weighted by Gasteiger charge is 2.27. The molecule has 0 aliphatic rings. The molecule has 0 atom stereocenters. The Morgan fingerprint density at radius 1 is 0.220 bits per heavy atom. The van der Waals surface area contributed by atoms with Crippen LogP contribution in [0.5, 0.6) is 0 Å². The number of para-hydroxylation sites is 1. The number of fused-ring (bicyclic) bond motifs is 16. The predicted molar refractivity (Wildman–Crippen MR) is 346 cm³/mol. The third-order valence-corrected chi connectivity index (χ3v) is 17.0. The van der Waals surface area contributed by atoms with Gasteiger partial charge in [-0.25, -0.2) is 0 Å². The molecule has 17 aromatic rings. The van der Waals surface area contributed by atoms with E-state index in [1.807, 2.05) is 0 Å². The second kappa shape index (κ2) is 18.3. The van der Waals surface area contributed by atoms with Gasteiger partial charge < -0.3 is 18.6 Å². The Balaban J connectivity index is 0.880. The van der Waals surface area contributed by atoms with Crippen molar-refractivity contribution in [1.29, 1.82) is 0 Å². The van der Waals surface area contributed by atoms with Crippen molar-refractivity contribution in [2.75, 3.05) is 9.80 Å². The van der Waals surface area contributed by atoms with Crippen LogP contribution in [0.15, 0.2) is 300 Å². The Bertz CT molecular complexity index is 5410. The van der Waals surface area contributed by atoms with Crippen LogP contribution in [-0.4, -0.2) is 0 Å². The van der Waals surface area contributed by atoms with E-state index in [1.54, 1.807) is 0 Å². The molecule has 2 aromatic heterocycles. The van der Waals surface area contributed by atoms with Gasteiger partial charge in [-0.1, -0.05) is 231 Å². The molecule has 0 amide bonds. The topological polar surface area (TPSA) is 32.8 Å². The third-order valence-electron chi connectivity index (χ3n) is 17.0. The number of benzene rings is 15. The summed E-state index contributed by atoms with van der Waals surface area (Å²) in [5.74, 6) is 0. The maximum Gasteiger partial charge on any atom is 0.160 e. The van der Waals surface area contributed by atoms with Gasteiger partial charge in [0, 0.05) is 55.1 Å². The molecular formula is C78H48N2O2. The van der Waals surface area contributed by atoms with Gasteiger partial charge >= 0.3 is 0 Å². The second-order valence-electron chi connectivity index (χ2n) is 21.4. The van der Waals surface area contributed by atoms with E-state index < -0.39 is 0 Å². The molecule has 0 unspecified atom stereocenters. The molecule has 0 aliphatic carbocycles. The minimum absolute atomic E-state index is 0.848. The van der Waals surface area contributed by atoms with Crippen LogP contribution in [0.4, 0.5) is 34.1 Å². The summed E-state index contributed by atoms with van der Waals surface area (Å²) in [6, 6.07) is 105. The molecular weight excluding hydrogens is 997 g/mol. The lowest BCUT2D eigenvalue weighted by Crippen LogP contribution is -2.11. The molecule has 17 rings (SSSR count). The van der Waals surface area contributed by atoms with Crippen LogP contribution in [0.2, 0.25) is 0 Å². The van der Waals surface area contributed by atoms with Crippen LogP contribution in [0, 0.1) is 0 Å². The number of anilines is 6. The maximum atomic E-state index is 7.12. The molecule has 0 N–H and O–H groups in total. The van der Waals surface area contributed by atoms with Crippen molar-refractivity contribution in [3.8, 4) is 22.3 Å². The van der Waals surface area contributed by atoms with E-state index in [-0.39, 0.29) is 0 Å². The zero-order valence-corrected chi connectivity index (χ0v) is 44.4. The molecule has 0 saturated heterocycles. The molecule has 0 spiro atoms. The molecule has 0 fully saturated rings. The highest BCUT2D eigenvalue weighted by atomic mass is 16.3. The second-order valence-corrected chi connectivity index (χ2v) is 21.4. The summed E-state index contributed by atoms with van der Waals surface area (Å²) < 4.78 is 14.1. The molecule has 4 nitrogen and oxygen atoms in total. The number of hydrogen-bond acceptors (Lipinski definition) is 4. The smallest absolute Gasteiger partial charge is 0.160 e. The Morgan fingerprint density at radius 3 is 1.23 bits per heavy atom. The van der Waals surface area contributed by atoms with E-state index in [1.165, 1.54) is 32.5 Å². The average Bonchev–Trinajstić information content (AvgIpc) is 2.10. The summed E-state index contributed by atoms with van der Waals surface area (Å²) in [5.41, 5.74) is 14.3. The van der Waals surface area contributed by atoms with Crippen molar-refractivity contribution in [3.63, 3.8) is 0 Å². The first kappa shape index (κ1) is 46.0. The summed E-state index contributed by atoms with van der Waals surface area (Å²) in [6.07, 6.45) is 0. The van der Waals surface area contributed by atoms with Crippen LogP contribution in [0.3, 0.4) is 0 Å². The molecule has 2 heterocycles. The largest absolute Gasteiger partial charge is 0.456 e. The summed E-state index contributed by atoms with van der Waals surface area (Å²) in [6.45, 7) is 0. The van der Waals surface area contributed by atoms with E-state index >= 15 is 0 Å². The predicted octanol–water partition coefficient (Wildman–Crippen LogP) is 22.7. The van der Waals surface area contributed by atoms with Gasteiger partial charge in [0.05, 0.1) is 22.7 Å². The fourth-order valence-electron chi connectivity index (χ4n) is 13.4. The summed E-state index contributed by atoms with van der Waals surface area (Å²) in [7, 11) is 0. The molecule has 4 heteroatoms. The lowest BCUT2D eigenvalue weighted by molar-refractivity contribution is 0.669. The monoisotopic (exact) mass is 1040 g/mol. The fourth-order valence-corrected chi connectivity index (χ4v) is 13.4. The number of hydrogen-bond donors (Lipinski definition) is 0. The van der Waals surface area contributed by atoms with Gasteiger partial charge in [-0.15, -0.1) is 0 Å². The highest BCUT2D eigenvalue weighted by molar-refractivity contribution is 6.31. The zero-order chi connectivity index (χ0) is 53.8. The van der Waals surface area contributed by atoms with E-state index in [4.69, 9.17) is 8.83 Å². The number of nitrogens with zero attached hydrogens (tertiary/aromatic N) is 2. The van der Waals surface area contributed by atoms with Crippen molar-refractivity contribution in [3.05, 3.63) is 291 Å². The van der Waals surface area contributed by atoms with E-state index in [9.17, 15) is 0 Å². The molecule has 0 aliphatic heterocycles. The minimum Gasteiger partial charge on any atom is -0.456 e. The van der Waals surface area contributed by atoms with Gasteiger partial charge in [-0.3, -0.25) is 0 Å². The van der Waals surface area contributed by atoms with E-state index in [0.717, 1.165) is 132 Å². The highest BCUT2D eigenvalue weighted by Crippen LogP contribution is 2.52. The lowest BCUT2D eigenvalue weighted by Gasteiger charge is -2.29. The van der Waals surface area contributed by atoms with Gasteiger partial charge in [-0.05, 0) is 125 Å². The standard InChI is InChI=1S/C78H48N2O2/c1-3-19-49(20-4-1)50-35-39-55(40-36-50)79(69-48-73-76(66-34-18-17-33-65(66)69)74-56-26-10-7-21-51(56)37-45-71(74)81-73)67-43-41-61(59-29-13-15-31-63(59)67)62-42-44-68(64-32-16-14-30-60(62)64)80(54-24-5-2-6-25-54)70-47-53-23-9-12-28-58(53)77-75-57-27-11-8-22-52(57)38-46-72(75)82-78(70)77/h1-48H. The van der Waals surface area contributed by atoms with Crippen LogP contribution in [-0.2, 0) is 0 Å². The molecule has 15 aromatic carbocycles. The molecule has 382 valence electrons. The van der Waals surface area contributed by atoms with E-state index in [0.29, 0.717) is 0 Å². The quantitative estimate of drug-likeness (QED) is 0.152. The molecule has 82 heavy (non-hydrogen) atoms. The number of furan rings is 2. The van der Waals surface area contributed by atoms with Gasteiger partial charge in [0.25, 0.3) is 0 Å². The van der Waals surface area contributed by atoms with Gasteiger partial charge in [0.2, 0.25) is 0 Å². The Kier molecular flexibility index (Phi) is 10.3. The van der Waals surface area contributed by atoms with Gasteiger partial charge in [0.15, 0.2) is 5.58 Å². The van der Waals surface area contributed by atoms with Crippen LogP contribution >= 0.6 is 0 Å². The van der Waals surface area contributed by atoms with Gasteiger partial charge in [-0.2, -0.15) is 0 Å². The third kappa shape index (κ3) is 7.05. The first-order valence-electron chi connectivity index (χ1n) is 28.1. The Labute approximate surface area is 472 Å². The fraction of sp³-hybridized carbons (Fsp3) is 0. The van der Waals surface area contributed by atoms with Gasteiger partial charge in [0.1, 0.15) is 16.7 Å². The minimum atomic E-state index is 0.848. The SMILES string of the molecule is c1ccc(-c2ccc(N(c3ccc(-c4ccc(N(c5ccccc5)c5cc6ccccc6c6c5oc5ccc7ccccc7c56)c5ccccc45)c4ccccc34)c3cc4oc5ccc6ccccc6c5c4c4ccccc34)cc2)cc1. The molecule has 0 radical (unpaired) electrons. The molecule has 0 saturated carbocycles. The average molecular weight is 1050 g/mol. The first-order chi connectivity index (χ1) is 40.7. The Hall–Kier alpha value is -10.9. The van der Waals surface area contributed by atoms with Crippen molar-refractivity contribution in [2.45, 2.75) is 0 Å². The lowest BCUT2D eigenvalue weighted by atomic mass is 9.91. The maximum absolute atomic E-state index is 7.12. The first-order valence-corrected chi connectivity index (χ1v) is 28.1. The summed E-state index contributed by atoms with van der Waals surface area (Å²) >= 11 is 0. The molecule has 0 bridgehead atoms. The van der Waals surface area contributed by atoms with Crippen LogP contribution in [0.1, 0.15) is 0 Å². The summed E-state index contributed by atoms with van der Waals surface area (Å²) in [5, 5.41) is 18.4. The van der Waals surface area contributed by atoms with Crippen molar-refractivity contribution < 1.29 is 8.83 Å². The van der Waals surface area contributed by atoms with Crippen LogP contribution < -0.4 is 9.80 Å². The van der Waals surface area contributed by atoms with Crippen molar-refractivity contribution >= 4 is 143 Å². The van der Waals surface area contributed by atoms with E-state index in [2.05, 4.69) is 301 Å². The van der Waals surface area contributed by atoms with Crippen molar-refractivity contribution in [2.24, 2.45) is 0 Å².